The Morgan fingerprint density at radius 1 is 1.05 bits per heavy atom. The molecule has 0 aliphatic rings. The summed E-state index contributed by atoms with van der Waals surface area (Å²) in [5.41, 5.74) is 2.45. The van der Waals surface area contributed by atoms with Crippen LogP contribution in [0.2, 0.25) is 0 Å². The van der Waals surface area contributed by atoms with Crippen LogP contribution in [0.5, 0.6) is 5.75 Å². The Kier molecular flexibility index (Phi) is 7.17. The van der Waals surface area contributed by atoms with Crippen molar-refractivity contribution < 1.29 is 22.4 Å². The van der Waals surface area contributed by atoms with Gasteiger partial charge in [0.05, 0.1) is 34.5 Å². The zero-order valence-electron chi connectivity index (χ0n) is 20.7. The number of carbonyl (C=O) groups excluding carboxylic acids is 1. The normalized spacial score (nSPS) is 11.4. The predicted octanol–water partition coefficient (Wildman–Crippen LogP) is 6.24. The fraction of sp³-hybridized carbons (Fsp3) is 0.143. The highest BCUT2D eigenvalue weighted by Gasteiger charge is 2.23. The molecule has 0 saturated carbocycles. The van der Waals surface area contributed by atoms with Crippen molar-refractivity contribution in [2.24, 2.45) is 0 Å². The van der Waals surface area contributed by atoms with Crippen molar-refractivity contribution >= 4 is 48.3 Å². The molecule has 5 rings (SSSR count). The summed E-state index contributed by atoms with van der Waals surface area (Å²) in [6.07, 6.45) is 1.56. The van der Waals surface area contributed by atoms with E-state index in [2.05, 4.69) is 9.71 Å². The number of nitrogens with one attached hydrogen (secondary N) is 1. The molecule has 10 heteroatoms. The molecule has 0 bridgehead atoms. The van der Waals surface area contributed by atoms with Crippen LogP contribution in [0.15, 0.2) is 94.4 Å². The van der Waals surface area contributed by atoms with Crippen LogP contribution in [-0.4, -0.2) is 25.9 Å². The molecule has 3 aromatic carbocycles. The molecule has 0 radical (unpaired) electrons. The molecule has 5 aromatic rings. The number of aryl methyl sites for hydroxylation is 1. The van der Waals surface area contributed by atoms with E-state index in [-0.39, 0.29) is 17.3 Å². The van der Waals surface area contributed by atoms with Crippen LogP contribution in [0.3, 0.4) is 0 Å². The lowest BCUT2D eigenvalue weighted by atomic mass is 10.2. The highest BCUT2D eigenvalue weighted by Crippen LogP contribution is 2.33. The summed E-state index contributed by atoms with van der Waals surface area (Å²) in [6, 6.07) is 22.1. The van der Waals surface area contributed by atoms with Gasteiger partial charge in [0.1, 0.15) is 11.5 Å². The molecule has 0 unspecified atom stereocenters. The van der Waals surface area contributed by atoms with Gasteiger partial charge in [0, 0.05) is 11.3 Å². The highest BCUT2D eigenvalue weighted by molar-refractivity contribution is 7.92. The molecule has 1 N–H and O–H groups in total. The molecule has 0 atom stereocenters. The first-order valence-electron chi connectivity index (χ1n) is 11.9. The van der Waals surface area contributed by atoms with Crippen molar-refractivity contribution in [1.29, 1.82) is 0 Å². The minimum Gasteiger partial charge on any atom is -0.494 e. The molecule has 0 fully saturated rings. The van der Waals surface area contributed by atoms with E-state index >= 15 is 0 Å². The molecule has 2 heterocycles. The van der Waals surface area contributed by atoms with Crippen molar-refractivity contribution in [2.75, 3.05) is 16.2 Å². The third kappa shape index (κ3) is 5.56. The number of fused-ring (bicyclic) bond motifs is 1. The molecule has 1 amide bonds. The third-order valence-electron chi connectivity index (χ3n) is 5.75. The second-order valence-electron chi connectivity index (χ2n) is 8.53. The second kappa shape index (κ2) is 10.7. The van der Waals surface area contributed by atoms with Crippen LogP contribution >= 0.6 is 11.3 Å². The van der Waals surface area contributed by atoms with Gasteiger partial charge in [0.15, 0.2) is 5.13 Å². The Bertz CT molecular complexity index is 1660. The first-order chi connectivity index (χ1) is 18.3. The molecule has 0 spiro atoms. The second-order valence-corrected chi connectivity index (χ2v) is 11.2. The monoisotopic (exact) mass is 547 g/mol. The zero-order valence-corrected chi connectivity index (χ0v) is 22.4. The lowest BCUT2D eigenvalue weighted by Crippen LogP contribution is -2.30. The topological polar surface area (TPSA) is 102 Å². The van der Waals surface area contributed by atoms with E-state index < -0.39 is 10.0 Å². The average molecular weight is 548 g/mol. The average Bonchev–Trinajstić information content (AvgIpc) is 3.57. The van der Waals surface area contributed by atoms with Gasteiger partial charge in [0.2, 0.25) is 0 Å². The number of benzene rings is 3. The quantitative estimate of drug-likeness (QED) is 0.234. The predicted molar refractivity (Wildman–Crippen MR) is 148 cm³/mol. The Morgan fingerprint density at radius 3 is 2.50 bits per heavy atom. The first-order valence-corrected chi connectivity index (χ1v) is 14.2. The number of anilines is 2. The van der Waals surface area contributed by atoms with E-state index in [1.165, 1.54) is 11.3 Å². The van der Waals surface area contributed by atoms with Crippen LogP contribution in [0.25, 0.3) is 10.2 Å². The number of furan rings is 1. The number of hydrogen-bond donors (Lipinski definition) is 1. The van der Waals surface area contributed by atoms with Crippen LogP contribution in [0.1, 0.15) is 28.6 Å². The molecule has 2 aromatic heterocycles. The van der Waals surface area contributed by atoms with Crippen molar-refractivity contribution in [1.82, 2.24) is 4.98 Å². The number of ether oxygens (including phenoxy) is 1. The lowest BCUT2D eigenvalue weighted by molar-refractivity contribution is 0.0983. The third-order valence-corrected chi connectivity index (χ3v) is 8.18. The van der Waals surface area contributed by atoms with Gasteiger partial charge in [-0.1, -0.05) is 29.0 Å². The summed E-state index contributed by atoms with van der Waals surface area (Å²) in [6.45, 7) is 4.55. The Labute approximate surface area is 224 Å². The van der Waals surface area contributed by atoms with Crippen LogP contribution < -0.4 is 14.4 Å². The van der Waals surface area contributed by atoms with Gasteiger partial charge in [-0.2, -0.15) is 0 Å². The summed E-state index contributed by atoms with van der Waals surface area (Å²) in [5, 5.41) is 0.513. The van der Waals surface area contributed by atoms with Crippen LogP contribution in [0.4, 0.5) is 10.8 Å². The maximum absolute atomic E-state index is 13.7. The SMILES string of the molecule is CCOc1ccc2nc(N(Cc3ccco3)C(=O)c3ccc(NS(=O)(=O)c4ccc(C)cc4)cc3)sc2c1. The van der Waals surface area contributed by atoms with Gasteiger partial charge in [-0.05, 0) is 80.6 Å². The minimum absolute atomic E-state index is 0.163. The van der Waals surface area contributed by atoms with Gasteiger partial charge in [-0.3, -0.25) is 14.4 Å². The van der Waals surface area contributed by atoms with Crippen LogP contribution in [-0.2, 0) is 16.6 Å². The summed E-state index contributed by atoms with van der Waals surface area (Å²) < 4.78 is 40.0. The Morgan fingerprint density at radius 2 is 1.82 bits per heavy atom. The summed E-state index contributed by atoms with van der Waals surface area (Å²) >= 11 is 1.38. The Balaban J connectivity index is 1.41. The fourth-order valence-electron chi connectivity index (χ4n) is 3.82. The standard InChI is InChI=1S/C28H25N3O5S2/c1-3-35-22-12-15-25-26(17-22)37-28(29-25)31(18-23-5-4-16-36-23)27(32)20-8-10-21(11-9-20)30-38(33,34)24-13-6-19(2)7-14-24/h4-17,30H,3,18H2,1-2H3. The van der Waals surface area contributed by atoms with Gasteiger partial charge in [0.25, 0.3) is 15.9 Å². The van der Waals surface area contributed by atoms with E-state index in [9.17, 15) is 13.2 Å². The Hall–Kier alpha value is -4.15. The van der Waals surface area contributed by atoms with Gasteiger partial charge in [-0.25, -0.2) is 13.4 Å². The largest absolute Gasteiger partial charge is 0.494 e. The number of carbonyl (C=O) groups is 1. The van der Waals surface area contributed by atoms with E-state index in [0.717, 1.165) is 21.5 Å². The molecule has 0 aliphatic heterocycles. The summed E-state index contributed by atoms with van der Waals surface area (Å²) in [7, 11) is -3.76. The smallest absolute Gasteiger partial charge is 0.261 e. The zero-order chi connectivity index (χ0) is 26.7. The van der Waals surface area contributed by atoms with Crippen LogP contribution in [0, 0.1) is 6.92 Å². The van der Waals surface area contributed by atoms with Crippen molar-refractivity contribution in [3.8, 4) is 5.75 Å². The number of nitrogens with zero attached hydrogens (tertiary/aromatic N) is 2. The first kappa shape index (κ1) is 25.5. The van der Waals surface area contributed by atoms with Gasteiger partial charge in [-0.15, -0.1) is 0 Å². The summed E-state index contributed by atoms with van der Waals surface area (Å²) in [5.74, 6) is 1.05. The van der Waals surface area contributed by atoms with Crippen molar-refractivity contribution in [3.63, 3.8) is 0 Å². The minimum atomic E-state index is -3.76. The molecule has 38 heavy (non-hydrogen) atoms. The molecule has 8 nitrogen and oxygen atoms in total. The molecule has 0 saturated heterocycles. The number of hydrogen-bond acceptors (Lipinski definition) is 7. The highest BCUT2D eigenvalue weighted by atomic mass is 32.2. The van der Waals surface area contributed by atoms with E-state index in [1.807, 2.05) is 32.0 Å². The number of thiazole rings is 1. The van der Waals surface area contributed by atoms with Gasteiger partial charge < -0.3 is 9.15 Å². The lowest BCUT2D eigenvalue weighted by Gasteiger charge is -2.19. The number of aromatic nitrogens is 1. The molecular weight excluding hydrogens is 522 g/mol. The van der Waals surface area contributed by atoms with E-state index in [0.29, 0.717) is 28.7 Å². The molecule has 194 valence electrons. The van der Waals surface area contributed by atoms with E-state index in [1.54, 1.807) is 71.8 Å². The summed E-state index contributed by atoms with van der Waals surface area (Å²) in [4.78, 5) is 20.1. The number of rotatable bonds is 9. The van der Waals surface area contributed by atoms with Gasteiger partial charge >= 0.3 is 0 Å². The van der Waals surface area contributed by atoms with Crippen molar-refractivity contribution in [2.45, 2.75) is 25.3 Å². The molecule has 0 aliphatic carbocycles. The maximum atomic E-state index is 13.7. The fourth-order valence-corrected chi connectivity index (χ4v) is 5.87. The van der Waals surface area contributed by atoms with Crippen molar-refractivity contribution in [3.05, 3.63) is 102 Å². The van der Waals surface area contributed by atoms with E-state index in [4.69, 9.17) is 9.15 Å². The number of amides is 1. The maximum Gasteiger partial charge on any atom is 0.261 e. The number of sulfonamides is 1. The molecular formula is C28H25N3O5S2.